The van der Waals surface area contributed by atoms with Crippen LogP contribution in [0.1, 0.15) is 0 Å². The predicted molar refractivity (Wildman–Crippen MR) is 148 cm³/mol. The van der Waals surface area contributed by atoms with E-state index >= 15 is 0 Å². The number of hydrogen-bond acceptors (Lipinski definition) is 6. The molecule has 0 saturated heterocycles. The summed E-state index contributed by atoms with van der Waals surface area (Å²) in [7, 11) is -3.11. The number of aromatic nitrogens is 1. The van der Waals surface area contributed by atoms with Gasteiger partial charge in [0.1, 0.15) is 10.8 Å². The Balaban J connectivity index is 2.62. The Kier molecular flexibility index (Phi) is 10.6. The molecule has 0 spiro atoms. The summed E-state index contributed by atoms with van der Waals surface area (Å²) in [6.45, 7) is 0. The van der Waals surface area contributed by atoms with Crippen LogP contribution in [0.4, 0.5) is 0 Å². The van der Waals surface area contributed by atoms with E-state index in [1.165, 1.54) is 11.3 Å². The minimum atomic E-state index is -1.58. The van der Waals surface area contributed by atoms with Gasteiger partial charge in [-0.2, -0.15) is 0 Å². The smallest absolute Gasteiger partial charge is 0.246 e. The standard InChI is InChI=1S/C10H2Br9NO3S4/c11-8(12,13)23-25-3-1-4-6(5(2-3)26(21)9(14,15)16)20-7(24-4)27(22)10(17,18)19/h1-2H. The third kappa shape index (κ3) is 8.09. The second kappa shape index (κ2) is 10.5. The highest BCUT2D eigenvalue weighted by atomic mass is 80.0. The van der Waals surface area contributed by atoms with Crippen molar-refractivity contribution in [2.75, 3.05) is 0 Å². The van der Waals surface area contributed by atoms with Gasteiger partial charge in [0.2, 0.25) is 5.28 Å². The molecule has 0 amide bonds. The van der Waals surface area contributed by atoms with Crippen molar-refractivity contribution in [3.63, 3.8) is 0 Å². The van der Waals surface area contributed by atoms with Gasteiger partial charge in [-0.3, -0.25) is 8.39 Å². The van der Waals surface area contributed by atoms with Gasteiger partial charge in [-0.25, -0.2) is 9.19 Å². The van der Waals surface area contributed by atoms with Crippen LogP contribution in [-0.4, -0.2) is 18.7 Å². The first-order valence-corrected chi connectivity index (χ1v) is 16.9. The first-order valence-electron chi connectivity index (χ1n) is 5.94. The van der Waals surface area contributed by atoms with Crippen LogP contribution in [-0.2, 0) is 25.8 Å². The van der Waals surface area contributed by atoms with Gasteiger partial charge in [0.25, 0.3) is 0 Å². The number of alkyl halides is 9. The van der Waals surface area contributed by atoms with Crippen molar-refractivity contribution in [1.29, 1.82) is 0 Å². The van der Waals surface area contributed by atoms with Gasteiger partial charge < -0.3 is 0 Å². The van der Waals surface area contributed by atoms with Crippen LogP contribution in [0.3, 0.4) is 0 Å². The zero-order valence-electron chi connectivity index (χ0n) is 11.9. The summed E-state index contributed by atoms with van der Waals surface area (Å²) < 4.78 is 29.2. The topological polar surface area (TPSA) is 56.3 Å². The third-order valence-electron chi connectivity index (χ3n) is 2.43. The third-order valence-corrected chi connectivity index (χ3v) is 13.1. The van der Waals surface area contributed by atoms with Crippen LogP contribution in [0.2, 0.25) is 0 Å². The average molecular weight is 1030 g/mol. The van der Waals surface area contributed by atoms with Crippen molar-refractivity contribution in [2.24, 2.45) is 0 Å². The van der Waals surface area contributed by atoms with Gasteiger partial charge in [0.15, 0.2) is 4.34 Å². The lowest BCUT2D eigenvalue weighted by Crippen LogP contribution is -2.11. The highest BCUT2D eigenvalue weighted by Crippen LogP contribution is 2.47. The molecule has 152 valence electrons. The molecule has 0 aliphatic rings. The molecule has 0 bridgehead atoms. The van der Waals surface area contributed by atoms with Crippen molar-refractivity contribution in [3.8, 4) is 0 Å². The summed E-state index contributed by atoms with van der Waals surface area (Å²) in [6.07, 6.45) is 0. The summed E-state index contributed by atoms with van der Waals surface area (Å²) in [5.74, 6) is 0. The van der Waals surface area contributed by atoms with E-state index in [0.717, 1.165) is 12.0 Å². The summed E-state index contributed by atoms with van der Waals surface area (Å²) in [4.78, 5) is 5.59. The Morgan fingerprint density at radius 1 is 0.926 bits per heavy atom. The molecular weight excluding hydrogens is 1030 g/mol. The molecule has 4 nitrogen and oxygen atoms in total. The van der Waals surface area contributed by atoms with E-state index in [2.05, 4.69) is 148 Å². The normalized spacial score (nSPS) is 15.9. The Bertz CT molecular complexity index is 902. The zero-order chi connectivity index (χ0) is 20.8. The van der Waals surface area contributed by atoms with Crippen LogP contribution in [0.15, 0.2) is 26.3 Å². The number of fused-ring (bicyclic) bond motifs is 1. The molecule has 1 aromatic heterocycles. The molecule has 17 heteroatoms. The first kappa shape index (κ1) is 27.3. The molecule has 2 aromatic rings. The van der Waals surface area contributed by atoms with Crippen LogP contribution < -0.4 is 0 Å². The highest BCUT2D eigenvalue weighted by Gasteiger charge is 2.34. The van der Waals surface area contributed by atoms with Crippen LogP contribution in [0.25, 0.3) is 10.2 Å². The molecule has 0 fully saturated rings. The molecule has 1 heterocycles. The van der Waals surface area contributed by atoms with E-state index in [4.69, 9.17) is 4.18 Å². The molecular formula is C10H2Br9NO3S4. The molecule has 27 heavy (non-hydrogen) atoms. The highest BCUT2D eigenvalue weighted by molar-refractivity contribution is 9.42. The van der Waals surface area contributed by atoms with Crippen molar-refractivity contribution < 1.29 is 12.6 Å². The monoisotopic (exact) mass is 1020 g/mol. The lowest BCUT2D eigenvalue weighted by Gasteiger charge is -2.15. The lowest BCUT2D eigenvalue weighted by molar-refractivity contribution is 0.423. The molecule has 0 aliphatic carbocycles. The number of thiazole rings is 1. The largest absolute Gasteiger partial charge is 0.270 e. The van der Waals surface area contributed by atoms with E-state index in [-0.39, 0.29) is 0 Å². The summed E-state index contributed by atoms with van der Waals surface area (Å²) >= 11 is 31.7. The van der Waals surface area contributed by atoms with Gasteiger partial charge in [0, 0.05) is 16.9 Å². The second-order valence-corrected chi connectivity index (χ2v) is 32.7. The predicted octanol–water partition coefficient (Wildman–Crippen LogP) is 8.92. The van der Waals surface area contributed by atoms with Crippen LogP contribution in [0.5, 0.6) is 0 Å². The maximum atomic E-state index is 13.0. The SMILES string of the molecule is O=S(c1nc2c(S(=O)C(Br)(Br)Br)cc(SOC(Br)(Br)Br)cc2s1)C(Br)(Br)Br. The number of halogens is 9. The molecule has 2 unspecified atom stereocenters. The maximum Gasteiger partial charge on any atom is 0.246 e. The number of hydrogen-bond donors (Lipinski definition) is 0. The number of benzene rings is 1. The Morgan fingerprint density at radius 3 is 1.96 bits per heavy atom. The van der Waals surface area contributed by atoms with Crippen molar-refractivity contribution in [3.05, 3.63) is 12.1 Å². The van der Waals surface area contributed by atoms with E-state index in [9.17, 15) is 8.42 Å². The fourth-order valence-corrected chi connectivity index (χ4v) is 9.68. The summed E-state index contributed by atoms with van der Waals surface area (Å²) in [5.41, 5.74) is 0.494. The minimum Gasteiger partial charge on any atom is -0.270 e. The summed E-state index contributed by atoms with van der Waals surface area (Å²) in [6, 6.07) is 3.53. The Hall–Kier alpha value is 4.04. The maximum absolute atomic E-state index is 13.0. The van der Waals surface area contributed by atoms with Gasteiger partial charge in [-0.15, -0.1) is 11.3 Å². The van der Waals surface area contributed by atoms with Crippen LogP contribution in [0, 0.1) is 0 Å². The number of rotatable bonds is 4. The Morgan fingerprint density at radius 2 is 1.48 bits per heavy atom. The molecule has 0 saturated carbocycles. The molecule has 2 rings (SSSR count). The first-order chi connectivity index (χ1) is 12.1. The van der Waals surface area contributed by atoms with E-state index in [1.807, 2.05) is 6.07 Å². The average Bonchev–Trinajstić information content (AvgIpc) is 2.91. The van der Waals surface area contributed by atoms with Crippen molar-refractivity contribution >= 4 is 199 Å². The van der Waals surface area contributed by atoms with Gasteiger partial charge in [0.05, 0.1) is 25.9 Å². The molecule has 0 aliphatic heterocycles. The fourth-order valence-electron chi connectivity index (χ4n) is 1.54. The van der Waals surface area contributed by atoms with Crippen molar-refractivity contribution in [2.45, 2.75) is 19.4 Å². The quantitative estimate of drug-likeness (QED) is 0.227. The zero-order valence-corrected chi connectivity index (χ0v) is 29.4. The molecule has 0 radical (unpaired) electrons. The minimum absolute atomic E-state index is 0.358. The van der Waals surface area contributed by atoms with Gasteiger partial charge in [-0.05, 0) is 156 Å². The Labute approximate surface area is 243 Å². The van der Waals surface area contributed by atoms with E-state index in [0.29, 0.717) is 24.3 Å². The lowest BCUT2D eigenvalue weighted by atomic mass is 10.3. The second-order valence-electron chi connectivity index (χ2n) is 4.29. The van der Waals surface area contributed by atoms with E-state index in [1.54, 1.807) is 6.07 Å². The summed E-state index contributed by atoms with van der Waals surface area (Å²) in [5, 5.41) is 0. The molecule has 1 aromatic carbocycles. The fraction of sp³-hybridized carbons (Fsp3) is 0.300. The van der Waals surface area contributed by atoms with E-state index < -0.39 is 26.9 Å². The molecule has 0 N–H and O–H groups in total. The van der Waals surface area contributed by atoms with Gasteiger partial charge >= 0.3 is 0 Å². The van der Waals surface area contributed by atoms with Crippen LogP contribution >= 0.6 is 167 Å². The molecule has 2 atom stereocenters. The van der Waals surface area contributed by atoms with Gasteiger partial charge in [-0.1, -0.05) is 0 Å². The number of nitrogens with zero attached hydrogens (tertiary/aromatic N) is 1. The van der Waals surface area contributed by atoms with Crippen molar-refractivity contribution in [1.82, 2.24) is 4.98 Å².